The molecule has 0 atom stereocenters. The van der Waals surface area contributed by atoms with Crippen molar-refractivity contribution < 1.29 is 4.42 Å². The fourth-order valence-electron chi connectivity index (χ4n) is 7.85. The number of aromatic nitrogens is 3. The van der Waals surface area contributed by atoms with E-state index < -0.39 is 0 Å². The number of hydrogen-bond acceptors (Lipinski definition) is 4. The van der Waals surface area contributed by atoms with E-state index in [0.717, 1.165) is 60.7 Å². The summed E-state index contributed by atoms with van der Waals surface area (Å²) in [4.78, 5) is 15.2. The molecule has 0 aliphatic carbocycles. The highest BCUT2D eigenvalue weighted by molar-refractivity contribution is 6.07. The van der Waals surface area contributed by atoms with Crippen LogP contribution in [0, 0.1) is 0 Å². The molecule has 0 radical (unpaired) electrons. The number of hydrogen-bond donors (Lipinski definition) is 0. The van der Waals surface area contributed by atoms with Crippen molar-refractivity contribution in [2.75, 3.05) is 0 Å². The molecule has 2 heterocycles. The van der Waals surface area contributed by atoms with Crippen LogP contribution in [0.25, 0.3) is 111 Å². The highest BCUT2D eigenvalue weighted by atomic mass is 16.3. The van der Waals surface area contributed by atoms with Gasteiger partial charge in [0.15, 0.2) is 17.5 Å². The summed E-state index contributed by atoms with van der Waals surface area (Å²) >= 11 is 0. The highest BCUT2D eigenvalue weighted by Crippen LogP contribution is 2.36. The molecular weight excluding hydrogens is 695 g/mol. The number of rotatable bonds is 6. The number of furan rings is 1. The van der Waals surface area contributed by atoms with E-state index in [0.29, 0.717) is 17.5 Å². The summed E-state index contributed by atoms with van der Waals surface area (Å²) in [5.41, 5.74) is 11.4. The van der Waals surface area contributed by atoms with Crippen molar-refractivity contribution in [3.05, 3.63) is 200 Å². The first kappa shape index (κ1) is 32.7. The summed E-state index contributed by atoms with van der Waals surface area (Å²) in [6, 6.07) is 70.1. The summed E-state index contributed by atoms with van der Waals surface area (Å²) in [5, 5.41) is 6.99. The molecule has 266 valence electrons. The Kier molecular flexibility index (Phi) is 7.78. The summed E-state index contributed by atoms with van der Waals surface area (Å²) in [5.74, 6) is 1.88. The fourth-order valence-corrected chi connectivity index (χ4v) is 7.85. The Morgan fingerprint density at radius 3 is 1.30 bits per heavy atom. The molecule has 0 spiro atoms. The molecule has 0 unspecified atom stereocenters. The average molecular weight is 728 g/mol. The number of benzene rings is 9. The monoisotopic (exact) mass is 727 g/mol. The van der Waals surface area contributed by atoms with Gasteiger partial charge in [0.1, 0.15) is 11.2 Å². The Morgan fingerprint density at radius 2 is 0.667 bits per heavy atom. The molecular formula is C53H33N3O. The molecule has 2 aromatic heterocycles. The molecule has 0 saturated carbocycles. The lowest BCUT2D eigenvalue weighted by Crippen LogP contribution is -2.00. The second kappa shape index (κ2) is 13.6. The molecule has 4 heteroatoms. The van der Waals surface area contributed by atoms with E-state index in [1.54, 1.807) is 0 Å². The minimum absolute atomic E-state index is 0.621. The minimum Gasteiger partial charge on any atom is -0.456 e. The smallest absolute Gasteiger partial charge is 0.164 e. The normalized spacial score (nSPS) is 11.5. The van der Waals surface area contributed by atoms with Gasteiger partial charge in [-0.2, -0.15) is 0 Å². The predicted octanol–water partition coefficient (Wildman–Crippen LogP) is 14.1. The van der Waals surface area contributed by atoms with Crippen LogP contribution in [-0.4, -0.2) is 15.0 Å². The summed E-state index contributed by atoms with van der Waals surface area (Å²) in [7, 11) is 0. The van der Waals surface area contributed by atoms with Gasteiger partial charge >= 0.3 is 0 Å². The van der Waals surface area contributed by atoms with Crippen LogP contribution < -0.4 is 0 Å². The van der Waals surface area contributed by atoms with Crippen molar-refractivity contribution in [1.82, 2.24) is 15.0 Å². The van der Waals surface area contributed by atoms with Gasteiger partial charge in [-0.1, -0.05) is 164 Å². The standard InChI is InChI=1S/C53H33N3O/c1-2-8-34(9-3-1)44-27-29-49-48(32-44)47-28-26-45(33-50(47)57-49)38-16-22-40(23-17-38)52-54-51(55-53(56-52)46-25-19-36-11-5-7-13-42(36)31-46)39-20-14-37(15-21-39)43-24-18-35-10-4-6-12-41(35)30-43/h1-33H. The van der Waals surface area contributed by atoms with E-state index in [2.05, 4.69) is 194 Å². The highest BCUT2D eigenvalue weighted by Gasteiger charge is 2.15. The van der Waals surface area contributed by atoms with Crippen LogP contribution in [0.2, 0.25) is 0 Å². The van der Waals surface area contributed by atoms with Crippen molar-refractivity contribution in [2.45, 2.75) is 0 Å². The van der Waals surface area contributed by atoms with Crippen LogP contribution in [0.3, 0.4) is 0 Å². The lowest BCUT2D eigenvalue weighted by atomic mass is 10.00. The van der Waals surface area contributed by atoms with Crippen molar-refractivity contribution >= 4 is 43.5 Å². The van der Waals surface area contributed by atoms with Gasteiger partial charge in [0.2, 0.25) is 0 Å². The zero-order valence-electron chi connectivity index (χ0n) is 30.8. The third-order valence-electron chi connectivity index (χ3n) is 10.9. The van der Waals surface area contributed by atoms with Crippen molar-refractivity contribution in [3.63, 3.8) is 0 Å². The van der Waals surface area contributed by atoms with Gasteiger partial charge in [-0.25, -0.2) is 15.0 Å². The lowest BCUT2D eigenvalue weighted by molar-refractivity contribution is 0.669. The first-order valence-corrected chi connectivity index (χ1v) is 19.2. The number of nitrogens with zero attached hydrogens (tertiary/aromatic N) is 3. The van der Waals surface area contributed by atoms with E-state index in [-0.39, 0.29) is 0 Å². The molecule has 11 rings (SSSR count). The summed E-state index contributed by atoms with van der Waals surface area (Å²) < 4.78 is 6.36. The number of fused-ring (bicyclic) bond motifs is 5. The second-order valence-electron chi connectivity index (χ2n) is 14.5. The van der Waals surface area contributed by atoms with E-state index >= 15 is 0 Å². The van der Waals surface area contributed by atoms with Crippen LogP contribution in [0.15, 0.2) is 205 Å². The van der Waals surface area contributed by atoms with Gasteiger partial charge in [-0.05, 0) is 91.3 Å². The molecule has 0 fully saturated rings. The minimum atomic E-state index is 0.621. The van der Waals surface area contributed by atoms with Crippen LogP contribution in [0.4, 0.5) is 0 Å². The van der Waals surface area contributed by atoms with Crippen molar-refractivity contribution in [2.24, 2.45) is 0 Å². The van der Waals surface area contributed by atoms with Crippen molar-refractivity contribution in [3.8, 4) is 67.5 Å². The van der Waals surface area contributed by atoms with Gasteiger partial charge in [0.25, 0.3) is 0 Å². The zero-order valence-corrected chi connectivity index (χ0v) is 30.8. The summed E-state index contributed by atoms with van der Waals surface area (Å²) in [6.45, 7) is 0. The van der Waals surface area contributed by atoms with Crippen LogP contribution in [0.5, 0.6) is 0 Å². The quantitative estimate of drug-likeness (QED) is 0.171. The largest absolute Gasteiger partial charge is 0.456 e. The van der Waals surface area contributed by atoms with Crippen LogP contribution in [-0.2, 0) is 0 Å². The average Bonchev–Trinajstić information content (AvgIpc) is 3.66. The maximum absolute atomic E-state index is 6.36. The third-order valence-corrected chi connectivity index (χ3v) is 10.9. The molecule has 0 N–H and O–H groups in total. The first-order chi connectivity index (χ1) is 28.2. The summed E-state index contributed by atoms with van der Waals surface area (Å²) in [6.07, 6.45) is 0. The molecule has 0 aliphatic rings. The molecule has 0 amide bonds. The maximum Gasteiger partial charge on any atom is 0.164 e. The lowest BCUT2D eigenvalue weighted by Gasteiger charge is -2.10. The molecule has 11 aromatic rings. The van der Waals surface area contributed by atoms with Gasteiger partial charge < -0.3 is 4.42 Å². The fraction of sp³-hybridized carbons (Fsp3) is 0. The van der Waals surface area contributed by atoms with Gasteiger partial charge in [-0.3, -0.25) is 0 Å². The maximum atomic E-state index is 6.36. The first-order valence-electron chi connectivity index (χ1n) is 19.2. The Balaban J connectivity index is 0.950. The Hall–Kier alpha value is -7.69. The molecule has 0 bridgehead atoms. The SMILES string of the molecule is c1ccc(-c2ccc3oc4cc(-c5ccc(-c6nc(-c7ccc(-c8ccc9ccccc9c8)cc7)nc(-c7ccc8ccccc8c7)n6)cc5)ccc4c3c2)cc1. The Morgan fingerprint density at radius 1 is 0.246 bits per heavy atom. The van der Waals surface area contributed by atoms with E-state index in [1.165, 1.54) is 32.8 Å². The van der Waals surface area contributed by atoms with E-state index in [1.807, 2.05) is 6.07 Å². The van der Waals surface area contributed by atoms with Gasteiger partial charge in [-0.15, -0.1) is 0 Å². The zero-order chi connectivity index (χ0) is 37.7. The van der Waals surface area contributed by atoms with Gasteiger partial charge in [0, 0.05) is 27.5 Å². The molecule has 0 saturated heterocycles. The topological polar surface area (TPSA) is 51.8 Å². The Bertz CT molecular complexity index is 3280. The second-order valence-corrected chi connectivity index (χ2v) is 14.5. The molecule has 57 heavy (non-hydrogen) atoms. The van der Waals surface area contributed by atoms with E-state index in [9.17, 15) is 0 Å². The van der Waals surface area contributed by atoms with E-state index in [4.69, 9.17) is 19.4 Å². The Labute approximate surface area is 329 Å². The molecule has 0 aliphatic heterocycles. The third kappa shape index (κ3) is 6.10. The van der Waals surface area contributed by atoms with Gasteiger partial charge in [0.05, 0.1) is 0 Å². The molecule has 9 aromatic carbocycles. The van der Waals surface area contributed by atoms with Crippen LogP contribution >= 0.6 is 0 Å². The van der Waals surface area contributed by atoms with Crippen molar-refractivity contribution in [1.29, 1.82) is 0 Å². The predicted molar refractivity (Wildman–Crippen MR) is 235 cm³/mol. The molecule has 4 nitrogen and oxygen atoms in total. The van der Waals surface area contributed by atoms with Crippen LogP contribution in [0.1, 0.15) is 0 Å².